The highest BCUT2D eigenvalue weighted by atomic mass is 14.9. The molecule has 94 valence electrons. The summed E-state index contributed by atoms with van der Waals surface area (Å²) in [7, 11) is 0. The SMILES string of the molecule is CCCNC(CC1CC1)C(C)c1ccccc1. The van der Waals surface area contributed by atoms with E-state index in [0.717, 1.165) is 12.5 Å². The molecule has 17 heavy (non-hydrogen) atoms. The third-order valence-corrected chi connectivity index (χ3v) is 3.87. The Bertz CT molecular complexity index is 316. The van der Waals surface area contributed by atoms with Gasteiger partial charge in [0.15, 0.2) is 0 Å². The minimum absolute atomic E-state index is 0.628. The molecule has 1 aromatic rings. The van der Waals surface area contributed by atoms with Crippen molar-refractivity contribution < 1.29 is 0 Å². The molecule has 1 fully saturated rings. The third-order valence-electron chi connectivity index (χ3n) is 3.87. The zero-order chi connectivity index (χ0) is 12.1. The fraction of sp³-hybridized carbons (Fsp3) is 0.625. The highest BCUT2D eigenvalue weighted by Gasteiger charge is 2.28. The van der Waals surface area contributed by atoms with Gasteiger partial charge in [0.05, 0.1) is 0 Å². The van der Waals surface area contributed by atoms with E-state index in [0.29, 0.717) is 12.0 Å². The second-order valence-corrected chi connectivity index (χ2v) is 5.44. The molecule has 0 aliphatic heterocycles. The van der Waals surface area contributed by atoms with Crippen LogP contribution in [0.1, 0.15) is 51.0 Å². The molecule has 0 heterocycles. The Morgan fingerprint density at radius 1 is 1.24 bits per heavy atom. The predicted octanol–water partition coefficient (Wildman–Crippen LogP) is 3.96. The Morgan fingerprint density at radius 3 is 2.53 bits per heavy atom. The van der Waals surface area contributed by atoms with Gasteiger partial charge in [-0.05, 0) is 36.8 Å². The monoisotopic (exact) mass is 231 g/mol. The van der Waals surface area contributed by atoms with Crippen LogP contribution in [-0.2, 0) is 0 Å². The van der Waals surface area contributed by atoms with E-state index >= 15 is 0 Å². The number of hydrogen-bond acceptors (Lipinski definition) is 1. The normalized spacial score (nSPS) is 18.9. The van der Waals surface area contributed by atoms with Crippen LogP contribution in [0.4, 0.5) is 0 Å². The van der Waals surface area contributed by atoms with E-state index in [2.05, 4.69) is 49.5 Å². The van der Waals surface area contributed by atoms with Gasteiger partial charge in [0.25, 0.3) is 0 Å². The molecule has 0 aromatic heterocycles. The molecule has 1 aliphatic rings. The molecular formula is C16H25N. The van der Waals surface area contributed by atoms with Crippen LogP contribution >= 0.6 is 0 Å². The van der Waals surface area contributed by atoms with Crippen molar-refractivity contribution in [1.82, 2.24) is 5.32 Å². The molecule has 0 spiro atoms. The molecule has 1 heteroatoms. The van der Waals surface area contributed by atoms with Crippen LogP contribution in [0.2, 0.25) is 0 Å². The predicted molar refractivity (Wildman–Crippen MR) is 74.3 cm³/mol. The van der Waals surface area contributed by atoms with Crippen LogP contribution < -0.4 is 5.32 Å². The molecule has 0 bridgehead atoms. The third kappa shape index (κ3) is 3.85. The summed E-state index contributed by atoms with van der Waals surface area (Å²) in [6.45, 7) is 5.76. The molecule has 1 N–H and O–H groups in total. The molecule has 1 nitrogen and oxygen atoms in total. The highest BCUT2D eigenvalue weighted by Crippen LogP contribution is 2.36. The molecule has 0 radical (unpaired) electrons. The summed E-state index contributed by atoms with van der Waals surface area (Å²) in [6.07, 6.45) is 5.48. The lowest BCUT2D eigenvalue weighted by Crippen LogP contribution is -2.34. The van der Waals surface area contributed by atoms with E-state index in [4.69, 9.17) is 0 Å². The van der Waals surface area contributed by atoms with Crippen LogP contribution in [0, 0.1) is 5.92 Å². The van der Waals surface area contributed by atoms with Crippen molar-refractivity contribution in [1.29, 1.82) is 0 Å². The lowest BCUT2D eigenvalue weighted by molar-refractivity contribution is 0.406. The van der Waals surface area contributed by atoms with Gasteiger partial charge in [0, 0.05) is 6.04 Å². The number of nitrogens with one attached hydrogen (secondary N) is 1. The van der Waals surface area contributed by atoms with Gasteiger partial charge >= 0.3 is 0 Å². The maximum atomic E-state index is 3.74. The van der Waals surface area contributed by atoms with Gasteiger partial charge in [-0.25, -0.2) is 0 Å². The molecule has 2 atom stereocenters. The summed E-state index contributed by atoms with van der Waals surface area (Å²) in [4.78, 5) is 0. The van der Waals surface area contributed by atoms with Crippen molar-refractivity contribution in [3.63, 3.8) is 0 Å². The summed E-state index contributed by atoms with van der Waals surface area (Å²) in [5.41, 5.74) is 1.47. The Kier molecular flexibility index (Phi) is 4.61. The maximum absolute atomic E-state index is 3.74. The summed E-state index contributed by atoms with van der Waals surface area (Å²) in [5, 5.41) is 3.74. The molecule has 2 unspecified atom stereocenters. The van der Waals surface area contributed by atoms with Gasteiger partial charge in [-0.15, -0.1) is 0 Å². The van der Waals surface area contributed by atoms with Crippen LogP contribution in [0.5, 0.6) is 0 Å². The first-order valence-corrected chi connectivity index (χ1v) is 7.09. The smallest absolute Gasteiger partial charge is 0.0136 e. The minimum atomic E-state index is 0.628. The van der Waals surface area contributed by atoms with E-state index in [1.807, 2.05) is 0 Å². The Balaban J connectivity index is 1.97. The molecule has 0 amide bonds. The average Bonchev–Trinajstić information content (AvgIpc) is 3.18. The second-order valence-electron chi connectivity index (χ2n) is 5.44. The van der Waals surface area contributed by atoms with Gasteiger partial charge in [0.1, 0.15) is 0 Å². The second kappa shape index (κ2) is 6.20. The Hall–Kier alpha value is -0.820. The average molecular weight is 231 g/mol. The summed E-state index contributed by atoms with van der Waals surface area (Å²) < 4.78 is 0. The van der Waals surface area contributed by atoms with Gasteiger partial charge in [-0.3, -0.25) is 0 Å². The molecule has 1 saturated carbocycles. The summed E-state index contributed by atoms with van der Waals surface area (Å²) in [5.74, 6) is 1.62. The number of rotatable bonds is 7. The molecule has 1 aliphatic carbocycles. The van der Waals surface area contributed by atoms with E-state index in [1.165, 1.54) is 31.2 Å². The van der Waals surface area contributed by atoms with Crippen LogP contribution in [0.3, 0.4) is 0 Å². The van der Waals surface area contributed by atoms with Crippen LogP contribution in [-0.4, -0.2) is 12.6 Å². The zero-order valence-corrected chi connectivity index (χ0v) is 11.2. The van der Waals surface area contributed by atoms with Gasteiger partial charge in [-0.1, -0.05) is 57.0 Å². The van der Waals surface area contributed by atoms with Crippen molar-refractivity contribution in [2.45, 2.75) is 51.5 Å². The van der Waals surface area contributed by atoms with Gasteiger partial charge in [0.2, 0.25) is 0 Å². The van der Waals surface area contributed by atoms with Gasteiger partial charge in [-0.2, -0.15) is 0 Å². The van der Waals surface area contributed by atoms with Gasteiger partial charge < -0.3 is 5.32 Å². The molecule has 1 aromatic carbocycles. The van der Waals surface area contributed by atoms with Crippen molar-refractivity contribution in [2.24, 2.45) is 5.92 Å². The summed E-state index contributed by atoms with van der Waals surface area (Å²) in [6, 6.07) is 11.6. The van der Waals surface area contributed by atoms with Crippen LogP contribution in [0.15, 0.2) is 30.3 Å². The number of hydrogen-bond donors (Lipinski definition) is 1. The first kappa shape index (κ1) is 12.6. The molecule has 0 saturated heterocycles. The fourth-order valence-corrected chi connectivity index (χ4v) is 2.50. The number of benzene rings is 1. The topological polar surface area (TPSA) is 12.0 Å². The van der Waals surface area contributed by atoms with Crippen molar-refractivity contribution in [3.05, 3.63) is 35.9 Å². The van der Waals surface area contributed by atoms with E-state index in [1.54, 1.807) is 0 Å². The first-order chi connectivity index (χ1) is 8.31. The largest absolute Gasteiger partial charge is 0.313 e. The minimum Gasteiger partial charge on any atom is -0.313 e. The first-order valence-electron chi connectivity index (χ1n) is 7.09. The van der Waals surface area contributed by atoms with E-state index in [9.17, 15) is 0 Å². The van der Waals surface area contributed by atoms with Crippen molar-refractivity contribution in [2.75, 3.05) is 6.54 Å². The maximum Gasteiger partial charge on any atom is 0.0136 e. The molecule has 2 rings (SSSR count). The van der Waals surface area contributed by atoms with Crippen molar-refractivity contribution in [3.8, 4) is 0 Å². The van der Waals surface area contributed by atoms with E-state index < -0.39 is 0 Å². The standard InChI is InChI=1S/C16H25N/c1-3-11-17-16(12-14-9-10-14)13(2)15-7-5-4-6-8-15/h4-8,13-14,16-17H,3,9-12H2,1-2H3. The van der Waals surface area contributed by atoms with Crippen LogP contribution in [0.25, 0.3) is 0 Å². The zero-order valence-electron chi connectivity index (χ0n) is 11.2. The van der Waals surface area contributed by atoms with E-state index in [-0.39, 0.29) is 0 Å². The van der Waals surface area contributed by atoms with Crippen molar-refractivity contribution >= 4 is 0 Å². The fourth-order valence-electron chi connectivity index (χ4n) is 2.50. The Morgan fingerprint density at radius 2 is 1.94 bits per heavy atom. The lowest BCUT2D eigenvalue weighted by Gasteiger charge is -2.25. The molecular weight excluding hydrogens is 206 g/mol. The highest BCUT2D eigenvalue weighted by molar-refractivity contribution is 5.20. The quantitative estimate of drug-likeness (QED) is 0.749. The Labute approximate surface area is 106 Å². The summed E-state index contributed by atoms with van der Waals surface area (Å²) >= 11 is 0. The lowest BCUT2D eigenvalue weighted by atomic mass is 9.90.